The first-order valence-corrected chi connectivity index (χ1v) is 8.29. The summed E-state index contributed by atoms with van der Waals surface area (Å²) in [4.78, 5) is 0. The van der Waals surface area contributed by atoms with E-state index >= 15 is 0 Å². The molecule has 0 saturated heterocycles. The number of rotatable bonds is 6. The Kier molecular flexibility index (Phi) is 6.16. The number of benzene rings is 1. The molecule has 0 bridgehead atoms. The van der Waals surface area contributed by atoms with Crippen molar-refractivity contribution in [2.75, 3.05) is 0 Å². The minimum Gasteiger partial charge on any atom is -0.327 e. The average Bonchev–Trinajstić information content (AvgIpc) is 2.44. The third-order valence-corrected chi connectivity index (χ3v) is 4.86. The third kappa shape index (κ3) is 5.06. The van der Waals surface area contributed by atoms with E-state index in [4.69, 9.17) is 5.73 Å². The van der Waals surface area contributed by atoms with Gasteiger partial charge < -0.3 is 5.73 Å². The average molecular weight is 295 g/mol. The maximum absolute atomic E-state index is 13.2. The highest BCUT2D eigenvalue weighted by Gasteiger charge is 2.25. The van der Waals surface area contributed by atoms with Gasteiger partial charge in [0.25, 0.3) is 0 Å². The Bertz CT molecular complexity index is 419. The SMILES string of the molecule is CCCCC1CCC(C(N)Cc2cc(F)cc(F)c2)CC1. The minimum absolute atomic E-state index is 0.0123. The first-order chi connectivity index (χ1) is 10.1. The summed E-state index contributed by atoms with van der Waals surface area (Å²) in [5.74, 6) is 0.329. The van der Waals surface area contributed by atoms with Gasteiger partial charge in [-0.2, -0.15) is 0 Å². The molecule has 0 radical (unpaired) electrons. The van der Waals surface area contributed by atoms with Gasteiger partial charge in [-0.15, -0.1) is 0 Å². The van der Waals surface area contributed by atoms with Gasteiger partial charge >= 0.3 is 0 Å². The van der Waals surface area contributed by atoms with Crippen LogP contribution >= 0.6 is 0 Å². The Balaban J connectivity index is 1.83. The molecule has 1 aliphatic carbocycles. The standard InChI is InChI=1S/C18H27F2N/c1-2-3-4-13-5-7-15(8-6-13)18(21)11-14-9-16(19)12-17(20)10-14/h9-10,12-13,15,18H,2-8,11,21H2,1H3. The van der Waals surface area contributed by atoms with Gasteiger partial charge in [-0.1, -0.05) is 39.0 Å². The first-order valence-electron chi connectivity index (χ1n) is 8.29. The van der Waals surface area contributed by atoms with Gasteiger partial charge in [0.05, 0.1) is 0 Å². The van der Waals surface area contributed by atoms with Crippen LogP contribution in [0.25, 0.3) is 0 Å². The Morgan fingerprint density at radius 3 is 2.29 bits per heavy atom. The predicted molar refractivity (Wildman–Crippen MR) is 83.0 cm³/mol. The molecule has 3 heteroatoms. The van der Waals surface area contributed by atoms with Crippen LogP contribution in [0, 0.1) is 23.5 Å². The molecule has 1 aromatic carbocycles. The van der Waals surface area contributed by atoms with Crippen LogP contribution in [-0.4, -0.2) is 6.04 Å². The van der Waals surface area contributed by atoms with Crippen molar-refractivity contribution in [3.05, 3.63) is 35.4 Å². The van der Waals surface area contributed by atoms with E-state index < -0.39 is 11.6 Å². The molecule has 1 atom stereocenters. The number of hydrogen-bond acceptors (Lipinski definition) is 1. The Labute approximate surface area is 126 Å². The zero-order valence-electron chi connectivity index (χ0n) is 13.0. The lowest BCUT2D eigenvalue weighted by Crippen LogP contribution is -2.35. The van der Waals surface area contributed by atoms with E-state index in [9.17, 15) is 8.78 Å². The van der Waals surface area contributed by atoms with Crippen molar-refractivity contribution >= 4 is 0 Å². The van der Waals surface area contributed by atoms with Gasteiger partial charge in [0.1, 0.15) is 11.6 Å². The second kappa shape index (κ2) is 7.88. The van der Waals surface area contributed by atoms with Crippen molar-refractivity contribution in [2.24, 2.45) is 17.6 Å². The Morgan fingerprint density at radius 2 is 1.71 bits per heavy atom. The van der Waals surface area contributed by atoms with Crippen LogP contribution in [0.1, 0.15) is 57.4 Å². The molecule has 21 heavy (non-hydrogen) atoms. The lowest BCUT2D eigenvalue weighted by molar-refractivity contribution is 0.230. The van der Waals surface area contributed by atoms with Gasteiger partial charge in [-0.3, -0.25) is 0 Å². The summed E-state index contributed by atoms with van der Waals surface area (Å²) >= 11 is 0. The summed E-state index contributed by atoms with van der Waals surface area (Å²) in [5, 5.41) is 0. The van der Waals surface area contributed by atoms with Gasteiger partial charge in [0.2, 0.25) is 0 Å². The van der Waals surface area contributed by atoms with Crippen LogP contribution in [-0.2, 0) is 6.42 Å². The molecule has 0 amide bonds. The van der Waals surface area contributed by atoms with E-state index in [0.29, 0.717) is 17.9 Å². The van der Waals surface area contributed by atoms with Crippen molar-refractivity contribution in [1.82, 2.24) is 0 Å². The molecule has 1 unspecified atom stereocenters. The summed E-state index contributed by atoms with van der Waals surface area (Å²) in [6.07, 6.45) is 9.34. The fourth-order valence-electron chi connectivity index (χ4n) is 3.57. The zero-order chi connectivity index (χ0) is 15.2. The largest absolute Gasteiger partial charge is 0.327 e. The van der Waals surface area contributed by atoms with E-state index in [1.807, 2.05) is 0 Å². The summed E-state index contributed by atoms with van der Waals surface area (Å²) < 4.78 is 26.4. The number of hydrogen-bond donors (Lipinski definition) is 1. The van der Waals surface area contributed by atoms with Gasteiger partial charge in [0.15, 0.2) is 0 Å². The lowest BCUT2D eigenvalue weighted by atomic mass is 9.76. The van der Waals surface area contributed by atoms with E-state index in [0.717, 1.165) is 24.8 Å². The molecule has 0 spiro atoms. The molecule has 1 nitrogen and oxygen atoms in total. The third-order valence-electron chi connectivity index (χ3n) is 4.86. The summed E-state index contributed by atoms with van der Waals surface area (Å²) in [7, 11) is 0. The molecule has 1 fully saturated rings. The zero-order valence-corrected chi connectivity index (χ0v) is 13.0. The molecule has 1 saturated carbocycles. The Hall–Kier alpha value is -0.960. The maximum atomic E-state index is 13.2. The monoisotopic (exact) mass is 295 g/mol. The van der Waals surface area contributed by atoms with E-state index in [-0.39, 0.29) is 6.04 Å². The molecule has 118 valence electrons. The lowest BCUT2D eigenvalue weighted by Gasteiger charge is -2.32. The fourth-order valence-corrected chi connectivity index (χ4v) is 3.57. The van der Waals surface area contributed by atoms with Crippen molar-refractivity contribution in [3.63, 3.8) is 0 Å². The van der Waals surface area contributed by atoms with E-state index in [1.165, 1.54) is 44.2 Å². The summed E-state index contributed by atoms with van der Waals surface area (Å²) in [6, 6.07) is 3.72. The van der Waals surface area contributed by atoms with Crippen LogP contribution in [0.3, 0.4) is 0 Å². The van der Waals surface area contributed by atoms with Crippen LogP contribution < -0.4 is 5.73 Å². The van der Waals surface area contributed by atoms with Crippen LogP contribution in [0.2, 0.25) is 0 Å². The second-order valence-electron chi connectivity index (χ2n) is 6.57. The molecule has 0 aromatic heterocycles. The van der Waals surface area contributed by atoms with Gasteiger partial charge in [-0.25, -0.2) is 8.78 Å². The molecule has 2 N–H and O–H groups in total. The number of unbranched alkanes of at least 4 members (excludes halogenated alkanes) is 1. The molecule has 1 aromatic rings. The molecule has 0 heterocycles. The first kappa shape index (κ1) is 16.4. The van der Waals surface area contributed by atoms with Crippen molar-refractivity contribution in [2.45, 2.75) is 64.3 Å². The van der Waals surface area contributed by atoms with E-state index in [1.54, 1.807) is 0 Å². The molecule has 1 aliphatic rings. The second-order valence-corrected chi connectivity index (χ2v) is 6.57. The van der Waals surface area contributed by atoms with Gasteiger partial charge in [0, 0.05) is 12.1 Å². The van der Waals surface area contributed by atoms with Crippen molar-refractivity contribution in [1.29, 1.82) is 0 Å². The summed E-state index contributed by atoms with van der Waals surface area (Å²) in [5.41, 5.74) is 6.96. The molecule has 2 rings (SSSR count). The molecule has 0 aliphatic heterocycles. The highest BCUT2D eigenvalue weighted by atomic mass is 19.1. The topological polar surface area (TPSA) is 26.0 Å². The van der Waals surface area contributed by atoms with Gasteiger partial charge in [-0.05, 0) is 48.8 Å². The number of nitrogens with two attached hydrogens (primary N) is 1. The number of halogens is 2. The van der Waals surface area contributed by atoms with Crippen LogP contribution in [0.4, 0.5) is 8.78 Å². The molecular weight excluding hydrogens is 268 g/mol. The Morgan fingerprint density at radius 1 is 1.10 bits per heavy atom. The molecular formula is C18H27F2N. The predicted octanol–water partition coefficient (Wildman–Crippen LogP) is 4.83. The fraction of sp³-hybridized carbons (Fsp3) is 0.667. The van der Waals surface area contributed by atoms with Crippen molar-refractivity contribution in [3.8, 4) is 0 Å². The highest BCUT2D eigenvalue weighted by Crippen LogP contribution is 2.33. The maximum Gasteiger partial charge on any atom is 0.126 e. The van der Waals surface area contributed by atoms with Crippen LogP contribution in [0.5, 0.6) is 0 Å². The minimum atomic E-state index is -0.513. The smallest absolute Gasteiger partial charge is 0.126 e. The van der Waals surface area contributed by atoms with Crippen molar-refractivity contribution < 1.29 is 8.78 Å². The highest BCUT2D eigenvalue weighted by molar-refractivity contribution is 5.19. The van der Waals surface area contributed by atoms with E-state index in [2.05, 4.69) is 6.92 Å². The normalized spacial score (nSPS) is 24.0. The van der Waals surface area contributed by atoms with Crippen LogP contribution in [0.15, 0.2) is 18.2 Å². The quantitative estimate of drug-likeness (QED) is 0.799. The summed E-state index contributed by atoms with van der Waals surface area (Å²) in [6.45, 7) is 2.24.